The number of alkyl halides is 2. The molecule has 0 aliphatic carbocycles. The van der Waals surface area contributed by atoms with Crippen molar-refractivity contribution in [1.29, 1.82) is 0 Å². The third-order valence-corrected chi connectivity index (χ3v) is 1.64. The van der Waals surface area contributed by atoms with Gasteiger partial charge < -0.3 is 5.32 Å². The Morgan fingerprint density at radius 2 is 2.31 bits per heavy atom. The van der Waals surface area contributed by atoms with Gasteiger partial charge in [-0.05, 0) is 13.0 Å². The molecule has 1 aromatic rings. The molecular weight excluding hydrogens is 176 g/mol. The van der Waals surface area contributed by atoms with Crippen LogP contribution < -0.4 is 5.32 Å². The zero-order chi connectivity index (χ0) is 9.68. The van der Waals surface area contributed by atoms with E-state index in [0.717, 1.165) is 0 Å². The minimum atomic E-state index is -2.29. The molecule has 0 radical (unpaired) electrons. The fourth-order valence-electron chi connectivity index (χ4n) is 1.04. The number of hydrogen-bond acceptors (Lipinski definition) is 2. The van der Waals surface area contributed by atoms with Crippen LogP contribution in [0.1, 0.15) is 6.92 Å². The van der Waals surface area contributed by atoms with E-state index in [1.165, 1.54) is 0 Å². The van der Waals surface area contributed by atoms with Gasteiger partial charge in [-0.15, -0.1) is 0 Å². The average Bonchev–Trinajstić information content (AvgIpc) is 2.53. The number of halogens is 2. The molecule has 0 aliphatic heterocycles. The van der Waals surface area contributed by atoms with E-state index in [1.54, 1.807) is 23.1 Å². The second kappa shape index (κ2) is 4.91. The molecular formula is C8H13F2N3. The number of nitrogens with zero attached hydrogens (tertiary/aromatic N) is 2. The quantitative estimate of drug-likeness (QED) is 0.752. The van der Waals surface area contributed by atoms with Gasteiger partial charge >= 0.3 is 0 Å². The van der Waals surface area contributed by atoms with E-state index in [-0.39, 0.29) is 12.6 Å². The summed E-state index contributed by atoms with van der Waals surface area (Å²) >= 11 is 0. The molecule has 1 heterocycles. The normalized spacial score (nSPS) is 13.5. The van der Waals surface area contributed by atoms with Gasteiger partial charge in [0.15, 0.2) is 0 Å². The summed E-state index contributed by atoms with van der Waals surface area (Å²) in [6.07, 6.45) is 1.18. The van der Waals surface area contributed by atoms with Crippen molar-refractivity contribution in [3.63, 3.8) is 0 Å². The first-order valence-corrected chi connectivity index (χ1v) is 4.17. The second-order valence-electron chi connectivity index (χ2n) is 2.93. The fourth-order valence-corrected chi connectivity index (χ4v) is 1.04. The molecule has 0 amide bonds. The lowest BCUT2D eigenvalue weighted by Crippen LogP contribution is -2.34. The first kappa shape index (κ1) is 10.1. The first-order valence-electron chi connectivity index (χ1n) is 4.17. The minimum Gasteiger partial charge on any atom is -0.307 e. The Morgan fingerprint density at radius 1 is 1.54 bits per heavy atom. The van der Waals surface area contributed by atoms with E-state index < -0.39 is 6.43 Å². The van der Waals surface area contributed by atoms with Crippen molar-refractivity contribution in [3.05, 3.63) is 18.5 Å². The molecule has 13 heavy (non-hydrogen) atoms. The maximum absolute atomic E-state index is 11.8. The third kappa shape index (κ3) is 3.98. The van der Waals surface area contributed by atoms with E-state index in [9.17, 15) is 8.78 Å². The number of rotatable bonds is 5. The molecule has 0 saturated heterocycles. The lowest BCUT2D eigenvalue weighted by Gasteiger charge is -2.12. The number of aromatic nitrogens is 2. The smallest absolute Gasteiger partial charge is 0.250 e. The Morgan fingerprint density at radius 3 is 2.85 bits per heavy atom. The summed E-state index contributed by atoms with van der Waals surface area (Å²) in [5, 5.41) is 6.68. The predicted molar refractivity (Wildman–Crippen MR) is 45.7 cm³/mol. The Labute approximate surface area is 75.7 Å². The van der Waals surface area contributed by atoms with E-state index >= 15 is 0 Å². The molecule has 74 valence electrons. The topological polar surface area (TPSA) is 29.9 Å². The zero-order valence-corrected chi connectivity index (χ0v) is 7.45. The van der Waals surface area contributed by atoms with Gasteiger partial charge in [-0.1, -0.05) is 0 Å². The highest BCUT2D eigenvalue weighted by Crippen LogP contribution is 1.93. The van der Waals surface area contributed by atoms with Crippen LogP contribution in [0.2, 0.25) is 0 Å². The van der Waals surface area contributed by atoms with Crippen molar-refractivity contribution < 1.29 is 8.78 Å². The van der Waals surface area contributed by atoms with Crippen molar-refractivity contribution in [3.8, 4) is 0 Å². The summed E-state index contributed by atoms with van der Waals surface area (Å²) in [7, 11) is 0. The molecule has 0 bridgehead atoms. The van der Waals surface area contributed by atoms with Crippen molar-refractivity contribution >= 4 is 0 Å². The molecule has 0 aliphatic rings. The van der Waals surface area contributed by atoms with Crippen LogP contribution in [0.4, 0.5) is 8.78 Å². The maximum atomic E-state index is 11.8. The highest BCUT2D eigenvalue weighted by molar-refractivity contribution is 4.78. The standard InChI is InChI=1S/C8H13F2N3/c1-7(11-5-8(9)10)6-13-4-2-3-12-13/h2-4,7-8,11H,5-6H2,1H3. The van der Waals surface area contributed by atoms with E-state index in [1.807, 2.05) is 6.92 Å². The van der Waals surface area contributed by atoms with E-state index in [2.05, 4.69) is 10.4 Å². The van der Waals surface area contributed by atoms with Crippen LogP contribution in [0.5, 0.6) is 0 Å². The summed E-state index contributed by atoms with van der Waals surface area (Å²) in [5.41, 5.74) is 0. The summed E-state index contributed by atoms with van der Waals surface area (Å²) in [6.45, 7) is 2.20. The molecule has 1 N–H and O–H groups in total. The molecule has 1 rings (SSSR count). The van der Waals surface area contributed by atoms with Gasteiger partial charge in [-0.25, -0.2) is 8.78 Å². The molecule has 5 heteroatoms. The number of hydrogen-bond donors (Lipinski definition) is 1. The van der Waals surface area contributed by atoms with Crippen molar-refractivity contribution in [2.45, 2.75) is 25.9 Å². The highest BCUT2D eigenvalue weighted by Gasteiger charge is 2.06. The Balaban J connectivity index is 2.22. The zero-order valence-electron chi connectivity index (χ0n) is 7.45. The molecule has 0 saturated carbocycles. The summed E-state index contributed by atoms with van der Waals surface area (Å²) in [4.78, 5) is 0. The van der Waals surface area contributed by atoms with E-state index in [0.29, 0.717) is 6.54 Å². The van der Waals surface area contributed by atoms with Gasteiger partial charge in [0.1, 0.15) is 0 Å². The number of nitrogens with one attached hydrogen (secondary N) is 1. The first-order chi connectivity index (χ1) is 6.18. The molecule has 0 aromatic carbocycles. The van der Waals surface area contributed by atoms with Crippen LogP contribution in [0.15, 0.2) is 18.5 Å². The third-order valence-electron chi connectivity index (χ3n) is 1.64. The second-order valence-corrected chi connectivity index (χ2v) is 2.93. The Bertz CT molecular complexity index is 223. The fraction of sp³-hybridized carbons (Fsp3) is 0.625. The van der Waals surface area contributed by atoms with Crippen LogP contribution >= 0.6 is 0 Å². The molecule has 0 fully saturated rings. The van der Waals surface area contributed by atoms with Gasteiger partial charge in [-0.3, -0.25) is 4.68 Å². The van der Waals surface area contributed by atoms with Gasteiger partial charge in [0.25, 0.3) is 6.43 Å². The van der Waals surface area contributed by atoms with Crippen LogP contribution in [-0.2, 0) is 6.54 Å². The van der Waals surface area contributed by atoms with Gasteiger partial charge in [0.2, 0.25) is 0 Å². The van der Waals surface area contributed by atoms with Crippen LogP contribution in [0, 0.1) is 0 Å². The molecule has 0 spiro atoms. The molecule has 1 atom stereocenters. The largest absolute Gasteiger partial charge is 0.307 e. The SMILES string of the molecule is CC(Cn1cccn1)NCC(F)F. The monoisotopic (exact) mass is 189 g/mol. The van der Waals surface area contributed by atoms with Crippen LogP contribution in [0.25, 0.3) is 0 Å². The van der Waals surface area contributed by atoms with Crippen LogP contribution in [0.3, 0.4) is 0 Å². The predicted octanol–water partition coefficient (Wildman–Crippen LogP) is 1.13. The maximum Gasteiger partial charge on any atom is 0.250 e. The highest BCUT2D eigenvalue weighted by atomic mass is 19.3. The van der Waals surface area contributed by atoms with E-state index in [4.69, 9.17) is 0 Å². The van der Waals surface area contributed by atoms with Crippen molar-refractivity contribution in [2.75, 3.05) is 6.54 Å². The summed E-state index contributed by atoms with van der Waals surface area (Å²) in [6, 6.07) is 1.81. The molecule has 1 unspecified atom stereocenters. The minimum absolute atomic E-state index is 0.00824. The lowest BCUT2D eigenvalue weighted by molar-refractivity contribution is 0.140. The Hall–Kier alpha value is -0.970. The molecule has 1 aromatic heterocycles. The van der Waals surface area contributed by atoms with Crippen molar-refractivity contribution in [1.82, 2.24) is 15.1 Å². The van der Waals surface area contributed by atoms with Crippen LogP contribution in [-0.4, -0.2) is 28.8 Å². The van der Waals surface area contributed by atoms with Gasteiger partial charge in [-0.2, -0.15) is 5.10 Å². The Kier molecular flexibility index (Phi) is 3.82. The summed E-state index contributed by atoms with van der Waals surface area (Å²) < 4.78 is 25.3. The van der Waals surface area contributed by atoms with Gasteiger partial charge in [0, 0.05) is 18.4 Å². The summed E-state index contributed by atoms with van der Waals surface area (Å²) in [5.74, 6) is 0. The average molecular weight is 189 g/mol. The van der Waals surface area contributed by atoms with Crippen molar-refractivity contribution in [2.24, 2.45) is 0 Å². The molecule has 3 nitrogen and oxygen atoms in total. The van der Waals surface area contributed by atoms with Gasteiger partial charge in [0.05, 0.1) is 13.1 Å². The lowest BCUT2D eigenvalue weighted by atomic mass is 10.3.